The highest BCUT2D eigenvalue weighted by Crippen LogP contribution is 2.58. The zero-order valence-corrected chi connectivity index (χ0v) is 49.4. The second kappa shape index (κ2) is 20.5. The van der Waals surface area contributed by atoms with Gasteiger partial charge in [0.1, 0.15) is 32.3 Å². The molecular formula is C81H50N4O2S2. The molecule has 0 aliphatic heterocycles. The second-order valence-electron chi connectivity index (χ2n) is 22.8. The molecule has 1 aliphatic carbocycles. The lowest BCUT2D eigenvalue weighted by molar-refractivity contribution is 0.668. The topological polar surface area (TPSA) is 58.5 Å². The molecule has 4 aromatic heterocycles. The molecule has 6 nitrogen and oxygen atoms in total. The zero-order chi connectivity index (χ0) is 58.6. The van der Waals surface area contributed by atoms with Gasteiger partial charge in [-0.2, -0.15) is 0 Å². The highest BCUT2D eigenvalue weighted by Gasteiger charge is 2.47. The van der Waals surface area contributed by atoms with E-state index in [4.69, 9.17) is 18.8 Å². The van der Waals surface area contributed by atoms with Gasteiger partial charge in [-0.15, -0.1) is 22.7 Å². The van der Waals surface area contributed by atoms with Crippen LogP contribution in [0.2, 0.25) is 0 Å². The van der Waals surface area contributed by atoms with Crippen LogP contribution in [0.25, 0.3) is 108 Å². The van der Waals surface area contributed by atoms with Gasteiger partial charge < -0.3 is 18.6 Å². The largest absolute Gasteiger partial charge is 0.456 e. The summed E-state index contributed by atoms with van der Waals surface area (Å²) >= 11 is 3.44. The quantitative estimate of drug-likeness (QED) is 0.129. The summed E-state index contributed by atoms with van der Waals surface area (Å²) in [5.74, 6) is 0. The van der Waals surface area contributed by atoms with Crippen LogP contribution < -0.4 is 9.80 Å². The van der Waals surface area contributed by atoms with E-state index in [1.807, 2.05) is 30.3 Å². The Hall–Kier alpha value is -11.2. The smallest absolute Gasteiger partial charge is 0.137 e. The normalized spacial score (nSPS) is 12.6. The van der Waals surface area contributed by atoms with Crippen molar-refractivity contribution in [1.82, 2.24) is 9.97 Å². The van der Waals surface area contributed by atoms with Crippen LogP contribution in [-0.4, -0.2) is 9.97 Å². The first-order valence-corrected chi connectivity index (χ1v) is 31.5. The van der Waals surface area contributed by atoms with Crippen molar-refractivity contribution in [2.24, 2.45) is 0 Å². The molecule has 13 aromatic carbocycles. The molecule has 0 atom stereocenters. The van der Waals surface area contributed by atoms with Gasteiger partial charge >= 0.3 is 0 Å². The number of nitrogens with zero attached hydrogens (tertiary/aromatic N) is 4. The van der Waals surface area contributed by atoms with E-state index in [9.17, 15) is 0 Å². The van der Waals surface area contributed by atoms with E-state index in [1.165, 1.54) is 42.8 Å². The molecule has 18 rings (SSSR count). The molecule has 0 saturated heterocycles. The van der Waals surface area contributed by atoms with Crippen molar-refractivity contribution in [2.45, 2.75) is 5.41 Å². The number of benzene rings is 13. The Morgan fingerprint density at radius 2 is 0.652 bits per heavy atom. The maximum absolute atomic E-state index is 6.60. The predicted molar refractivity (Wildman–Crippen MR) is 370 cm³/mol. The fourth-order valence-corrected chi connectivity index (χ4v) is 15.6. The summed E-state index contributed by atoms with van der Waals surface area (Å²) in [6.07, 6.45) is 0. The third-order valence-electron chi connectivity index (χ3n) is 17.8. The summed E-state index contributed by atoms with van der Waals surface area (Å²) in [4.78, 5) is 14.7. The number of hydrogen-bond donors (Lipinski definition) is 0. The number of anilines is 6. The lowest BCUT2D eigenvalue weighted by Crippen LogP contribution is -2.28. The second-order valence-corrected chi connectivity index (χ2v) is 24.9. The summed E-state index contributed by atoms with van der Waals surface area (Å²) in [7, 11) is 0. The highest BCUT2D eigenvalue weighted by atomic mass is 32.1. The van der Waals surface area contributed by atoms with E-state index >= 15 is 0 Å². The molecule has 418 valence electrons. The maximum atomic E-state index is 6.60. The van der Waals surface area contributed by atoms with Crippen LogP contribution in [0.5, 0.6) is 0 Å². The van der Waals surface area contributed by atoms with Crippen LogP contribution in [-0.2, 0) is 5.41 Å². The number of aromatic nitrogens is 2. The molecule has 0 saturated carbocycles. The van der Waals surface area contributed by atoms with Crippen molar-refractivity contribution in [3.63, 3.8) is 0 Å². The highest BCUT2D eigenvalue weighted by molar-refractivity contribution is 7.22. The van der Waals surface area contributed by atoms with E-state index in [0.717, 1.165) is 121 Å². The van der Waals surface area contributed by atoms with Crippen LogP contribution >= 0.6 is 22.7 Å². The van der Waals surface area contributed by atoms with Crippen molar-refractivity contribution in [1.29, 1.82) is 0 Å². The summed E-state index contributed by atoms with van der Waals surface area (Å²) in [6, 6.07) is 109. The molecule has 8 heteroatoms. The summed E-state index contributed by atoms with van der Waals surface area (Å²) < 4.78 is 15.5. The van der Waals surface area contributed by atoms with E-state index in [1.54, 1.807) is 22.7 Å². The molecule has 0 amide bonds. The first-order valence-electron chi connectivity index (χ1n) is 29.9. The molecule has 17 aromatic rings. The van der Waals surface area contributed by atoms with Gasteiger partial charge in [0.15, 0.2) is 0 Å². The van der Waals surface area contributed by atoms with Crippen molar-refractivity contribution in [2.75, 3.05) is 9.80 Å². The minimum absolute atomic E-state index is 0.701. The van der Waals surface area contributed by atoms with Gasteiger partial charge in [0.05, 0.1) is 25.8 Å². The van der Waals surface area contributed by atoms with Crippen LogP contribution in [0, 0.1) is 0 Å². The van der Waals surface area contributed by atoms with Gasteiger partial charge in [0, 0.05) is 78.9 Å². The maximum Gasteiger partial charge on any atom is 0.137 e. The Balaban J connectivity index is 0.767. The van der Waals surface area contributed by atoms with Crippen molar-refractivity contribution >= 4 is 121 Å². The number of thiazole rings is 2. The Morgan fingerprint density at radius 1 is 0.281 bits per heavy atom. The molecule has 0 spiro atoms. The van der Waals surface area contributed by atoms with E-state index < -0.39 is 5.41 Å². The molecule has 0 radical (unpaired) electrons. The van der Waals surface area contributed by atoms with Crippen LogP contribution in [0.15, 0.2) is 312 Å². The molecule has 0 unspecified atom stereocenters. The van der Waals surface area contributed by atoms with Crippen LogP contribution in [0.3, 0.4) is 0 Å². The third kappa shape index (κ3) is 8.36. The minimum Gasteiger partial charge on any atom is -0.456 e. The van der Waals surface area contributed by atoms with E-state index in [-0.39, 0.29) is 0 Å². The average Bonchev–Trinajstić information content (AvgIpc) is 1.56. The first-order chi connectivity index (χ1) is 44.1. The average molecular weight is 1180 g/mol. The molecule has 4 heterocycles. The van der Waals surface area contributed by atoms with Crippen LogP contribution in [0.1, 0.15) is 22.3 Å². The van der Waals surface area contributed by atoms with Gasteiger partial charge in [-0.05, 0) is 184 Å². The van der Waals surface area contributed by atoms with Gasteiger partial charge in [-0.25, -0.2) is 9.97 Å². The molecule has 0 bridgehead atoms. The number of para-hydroxylation sites is 4. The molecular weight excluding hydrogens is 1130 g/mol. The Labute approximate surface area is 520 Å². The van der Waals surface area contributed by atoms with Crippen molar-refractivity contribution in [3.05, 3.63) is 326 Å². The van der Waals surface area contributed by atoms with Gasteiger partial charge in [0.25, 0.3) is 0 Å². The SMILES string of the molecule is c1ccc(C2(c3ccccc3)c3cc(-c4ccc(N(c5ccc(-c6nc7ccccc7s6)cc5)c5ccc6c(c5)oc5ccccc56)cc4)ccc3-c3ccc(N(c4ccc(-c5nc6ccccc6s5)cc4)c4ccc5c(c4)oc4ccccc45)cc32)cc1. The summed E-state index contributed by atoms with van der Waals surface area (Å²) in [5, 5.41) is 6.38. The Morgan fingerprint density at radius 3 is 1.16 bits per heavy atom. The Kier molecular flexibility index (Phi) is 11.8. The van der Waals surface area contributed by atoms with Crippen molar-refractivity contribution < 1.29 is 8.83 Å². The summed E-state index contributed by atoms with van der Waals surface area (Å²) in [5.41, 5.74) is 22.5. The fourth-order valence-electron chi connectivity index (χ4n) is 13.7. The van der Waals surface area contributed by atoms with Crippen LogP contribution in [0.4, 0.5) is 34.1 Å². The van der Waals surface area contributed by atoms with E-state index in [0.29, 0.717) is 0 Å². The summed E-state index contributed by atoms with van der Waals surface area (Å²) in [6.45, 7) is 0. The first kappa shape index (κ1) is 51.1. The Bertz CT molecular complexity index is 5470. The monoisotopic (exact) mass is 1170 g/mol. The molecule has 0 fully saturated rings. The molecule has 0 N–H and O–H groups in total. The van der Waals surface area contributed by atoms with Gasteiger partial charge in [-0.3, -0.25) is 0 Å². The zero-order valence-electron chi connectivity index (χ0n) is 47.8. The third-order valence-corrected chi connectivity index (χ3v) is 20.0. The molecule has 89 heavy (non-hydrogen) atoms. The fraction of sp³-hybridized carbons (Fsp3) is 0.0123. The number of hydrogen-bond acceptors (Lipinski definition) is 8. The standard InChI is InChI=1S/C81H50N4O2S2/c1-3-15-55(16-4-1)81(56-17-5-2-6-18-56)69-47-54(51-27-34-57(35-28-51)84(61-41-45-67-65-19-7-11-23-73(65)86-75(67)49-61)58-36-29-52(30-37-58)79-82-71-21-9-13-25-77(71)88-79)33-43-63(69)64-44-40-60(48-70(64)81)85(62-42-46-68-66-20-8-12-24-74(66)87-76(68)50-62)59-38-31-53(32-39-59)80-83-72-22-10-14-26-78(72)89-80/h1-50H. The van der Waals surface area contributed by atoms with Gasteiger partial charge in [-0.1, -0.05) is 152 Å². The minimum atomic E-state index is -0.701. The van der Waals surface area contributed by atoms with Gasteiger partial charge in [0.2, 0.25) is 0 Å². The van der Waals surface area contributed by atoms with Crippen molar-refractivity contribution in [3.8, 4) is 43.4 Å². The number of furan rings is 2. The lowest BCUT2D eigenvalue weighted by Gasteiger charge is -2.35. The lowest BCUT2D eigenvalue weighted by atomic mass is 9.67. The number of fused-ring (bicyclic) bond motifs is 11. The predicted octanol–water partition coefficient (Wildman–Crippen LogP) is 23.0. The molecule has 1 aliphatic rings. The van der Waals surface area contributed by atoms with E-state index in [2.05, 4.69) is 283 Å². The number of rotatable bonds is 11.